The Morgan fingerprint density at radius 1 is 0.974 bits per heavy atom. The molecule has 204 valence electrons. The largest absolute Gasteiger partial charge is 0.497 e. The van der Waals surface area contributed by atoms with Crippen LogP contribution in [0.3, 0.4) is 0 Å². The van der Waals surface area contributed by atoms with Gasteiger partial charge in [0.1, 0.15) is 17.8 Å². The van der Waals surface area contributed by atoms with Crippen molar-refractivity contribution < 1.29 is 22.7 Å². The van der Waals surface area contributed by atoms with Gasteiger partial charge in [0.25, 0.3) is 0 Å². The van der Waals surface area contributed by atoms with Crippen LogP contribution in [0.25, 0.3) is 0 Å². The molecule has 0 aromatic heterocycles. The molecule has 2 amide bonds. The number of benzene rings is 3. The molecule has 5 rings (SSSR count). The lowest BCUT2D eigenvalue weighted by Gasteiger charge is -2.42. The standard InChI is InChI=1S/C29H32N4O5S/c1-22-11-13-26(14-12-22)39(36,37)32-17-15-29(16-18-32)28(35)31(21-33(29)24-8-4-3-5-9-24)20-27(34)30-23-7-6-10-25(19-23)38-2/h3-14,19H,15-18,20-21H2,1-2H3,(H,30,34). The van der Waals surface area contributed by atoms with E-state index in [0.29, 0.717) is 24.3 Å². The van der Waals surface area contributed by atoms with E-state index in [1.54, 1.807) is 60.5 Å². The van der Waals surface area contributed by atoms with Crippen molar-refractivity contribution in [1.82, 2.24) is 9.21 Å². The number of sulfonamides is 1. The lowest BCUT2D eigenvalue weighted by Crippen LogP contribution is -2.57. The first-order chi connectivity index (χ1) is 18.7. The lowest BCUT2D eigenvalue weighted by molar-refractivity contribution is -0.136. The number of carbonyl (C=O) groups excluding carboxylic acids is 2. The van der Waals surface area contributed by atoms with Crippen molar-refractivity contribution in [2.75, 3.05) is 43.6 Å². The number of methoxy groups -OCH3 is 1. The lowest BCUT2D eigenvalue weighted by atomic mass is 9.86. The Kier molecular flexibility index (Phi) is 7.33. The van der Waals surface area contributed by atoms with E-state index in [1.807, 2.05) is 42.2 Å². The Hall–Kier alpha value is -3.89. The highest BCUT2D eigenvalue weighted by molar-refractivity contribution is 7.89. The van der Waals surface area contributed by atoms with Crippen molar-refractivity contribution in [3.05, 3.63) is 84.4 Å². The highest BCUT2D eigenvalue weighted by atomic mass is 32.2. The van der Waals surface area contributed by atoms with E-state index in [2.05, 4.69) is 5.32 Å². The topological polar surface area (TPSA) is 99.3 Å². The number of hydrogen-bond donors (Lipinski definition) is 1. The maximum Gasteiger partial charge on any atom is 0.250 e. The molecule has 1 spiro atoms. The zero-order chi connectivity index (χ0) is 27.6. The van der Waals surface area contributed by atoms with E-state index in [-0.39, 0.29) is 43.0 Å². The molecule has 2 aliphatic heterocycles. The van der Waals surface area contributed by atoms with Crippen LogP contribution in [0.1, 0.15) is 18.4 Å². The van der Waals surface area contributed by atoms with Crippen molar-refractivity contribution in [2.45, 2.75) is 30.2 Å². The molecule has 2 fully saturated rings. The Bertz CT molecular complexity index is 1450. The summed E-state index contributed by atoms with van der Waals surface area (Å²) in [6.45, 7) is 2.43. The maximum atomic E-state index is 13.9. The van der Waals surface area contributed by atoms with Gasteiger partial charge in [-0.2, -0.15) is 4.31 Å². The predicted octanol–water partition coefficient (Wildman–Crippen LogP) is 3.47. The minimum absolute atomic E-state index is 0.119. The molecular formula is C29H32N4O5S. The molecule has 10 heteroatoms. The summed E-state index contributed by atoms with van der Waals surface area (Å²) < 4.78 is 33.3. The van der Waals surface area contributed by atoms with Gasteiger partial charge in [-0.15, -0.1) is 0 Å². The monoisotopic (exact) mass is 548 g/mol. The summed E-state index contributed by atoms with van der Waals surface area (Å²) in [5.74, 6) is 0.132. The second-order valence-electron chi connectivity index (χ2n) is 9.94. The third kappa shape index (κ3) is 5.22. The number of nitrogens with one attached hydrogen (secondary N) is 1. The molecule has 2 aliphatic rings. The number of aryl methyl sites for hydroxylation is 1. The Morgan fingerprint density at radius 3 is 2.33 bits per heavy atom. The summed E-state index contributed by atoms with van der Waals surface area (Å²) in [7, 11) is -2.13. The Morgan fingerprint density at radius 2 is 1.67 bits per heavy atom. The molecule has 0 radical (unpaired) electrons. The number of amides is 2. The minimum atomic E-state index is -3.68. The normalized spacial score (nSPS) is 17.4. The average Bonchev–Trinajstić information content (AvgIpc) is 3.20. The molecule has 0 aliphatic carbocycles. The first kappa shape index (κ1) is 26.7. The molecule has 3 aromatic rings. The van der Waals surface area contributed by atoms with Crippen LogP contribution < -0.4 is 15.0 Å². The fourth-order valence-corrected chi connectivity index (χ4v) is 6.79. The van der Waals surface area contributed by atoms with E-state index in [0.717, 1.165) is 11.3 Å². The zero-order valence-corrected chi connectivity index (χ0v) is 22.9. The molecule has 9 nitrogen and oxygen atoms in total. The van der Waals surface area contributed by atoms with Crippen LogP contribution in [0.15, 0.2) is 83.8 Å². The van der Waals surface area contributed by atoms with Gasteiger partial charge in [-0.05, 0) is 56.2 Å². The second-order valence-corrected chi connectivity index (χ2v) is 11.9. The fraction of sp³-hybridized carbons (Fsp3) is 0.310. The third-order valence-electron chi connectivity index (χ3n) is 7.48. The van der Waals surface area contributed by atoms with Gasteiger partial charge in [0.05, 0.1) is 18.7 Å². The van der Waals surface area contributed by atoms with Gasteiger partial charge >= 0.3 is 0 Å². The van der Waals surface area contributed by atoms with Crippen LogP contribution in [0.5, 0.6) is 5.75 Å². The molecule has 2 saturated heterocycles. The van der Waals surface area contributed by atoms with Crippen molar-refractivity contribution in [2.24, 2.45) is 0 Å². The van der Waals surface area contributed by atoms with Crippen LogP contribution in [0, 0.1) is 6.92 Å². The van der Waals surface area contributed by atoms with E-state index in [4.69, 9.17) is 4.74 Å². The maximum absolute atomic E-state index is 13.9. The zero-order valence-electron chi connectivity index (χ0n) is 22.0. The molecule has 0 atom stereocenters. The molecule has 39 heavy (non-hydrogen) atoms. The summed E-state index contributed by atoms with van der Waals surface area (Å²) in [6, 6.07) is 23.4. The highest BCUT2D eigenvalue weighted by Crippen LogP contribution is 2.40. The highest BCUT2D eigenvalue weighted by Gasteiger charge is 2.55. The second kappa shape index (κ2) is 10.7. The number of hydrogen-bond acceptors (Lipinski definition) is 6. The van der Waals surface area contributed by atoms with Crippen molar-refractivity contribution in [3.8, 4) is 5.75 Å². The van der Waals surface area contributed by atoms with E-state index in [9.17, 15) is 18.0 Å². The summed E-state index contributed by atoms with van der Waals surface area (Å²) in [4.78, 5) is 30.7. The Balaban J connectivity index is 1.35. The SMILES string of the molecule is COc1cccc(NC(=O)CN2CN(c3ccccc3)C3(CCN(S(=O)(=O)c4ccc(C)cc4)CC3)C2=O)c1. The van der Waals surface area contributed by atoms with Crippen molar-refractivity contribution in [3.63, 3.8) is 0 Å². The number of piperidine rings is 1. The van der Waals surface area contributed by atoms with Crippen LogP contribution in [-0.4, -0.2) is 68.4 Å². The number of nitrogens with zero attached hydrogens (tertiary/aromatic N) is 3. The molecule has 1 N–H and O–H groups in total. The van der Waals surface area contributed by atoms with Crippen LogP contribution in [0.2, 0.25) is 0 Å². The van der Waals surface area contributed by atoms with Crippen molar-refractivity contribution >= 4 is 33.2 Å². The minimum Gasteiger partial charge on any atom is -0.497 e. The summed E-state index contributed by atoms with van der Waals surface area (Å²) in [5, 5.41) is 2.84. The Labute approximate surface area is 229 Å². The quantitative estimate of drug-likeness (QED) is 0.486. The molecular weight excluding hydrogens is 516 g/mol. The summed E-state index contributed by atoms with van der Waals surface area (Å²) in [5.41, 5.74) is 1.49. The summed E-state index contributed by atoms with van der Waals surface area (Å²) >= 11 is 0. The van der Waals surface area contributed by atoms with Gasteiger partial charge < -0.3 is 19.9 Å². The van der Waals surface area contributed by atoms with Gasteiger partial charge in [-0.1, -0.05) is 42.0 Å². The molecule has 3 aromatic carbocycles. The predicted molar refractivity (Wildman–Crippen MR) is 149 cm³/mol. The molecule has 0 bridgehead atoms. The van der Waals surface area contributed by atoms with Gasteiger partial charge in [-0.25, -0.2) is 8.42 Å². The van der Waals surface area contributed by atoms with E-state index in [1.165, 1.54) is 4.31 Å². The smallest absolute Gasteiger partial charge is 0.250 e. The number of rotatable bonds is 7. The average molecular weight is 549 g/mol. The van der Waals surface area contributed by atoms with Crippen LogP contribution >= 0.6 is 0 Å². The van der Waals surface area contributed by atoms with E-state index < -0.39 is 15.6 Å². The molecule has 2 heterocycles. The van der Waals surface area contributed by atoms with Gasteiger partial charge in [0.2, 0.25) is 21.8 Å². The third-order valence-corrected chi connectivity index (χ3v) is 9.39. The molecule has 0 unspecified atom stereocenters. The number of ether oxygens (including phenoxy) is 1. The number of carbonyl (C=O) groups is 2. The first-order valence-corrected chi connectivity index (χ1v) is 14.3. The van der Waals surface area contributed by atoms with Crippen LogP contribution in [0.4, 0.5) is 11.4 Å². The van der Waals surface area contributed by atoms with E-state index >= 15 is 0 Å². The van der Waals surface area contributed by atoms with Crippen LogP contribution in [-0.2, 0) is 19.6 Å². The van der Waals surface area contributed by atoms with Crippen molar-refractivity contribution in [1.29, 1.82) is 0 Å². The number of para-hydroxylation sites is 1. The number of anilines is 2. The van der Waals surface area contributed by atoms with Gasteiger partial charge in [-0.3, -0.25) is 9.59 Å². The first-order valence-electron chi connectivity index (χ1n) is 12.9. The fourth-order valence-electron chi connectivity index (χ4n) is 5.35. The summed E-state index contributed by atoms with van der Waals surface area (Å²) in [6.07, 6.45) is 0.639. The molecule has 0 saturated carbocycles. The van der Waals surface area contributed by atoms with Gasteiger partial charge in [0.15, 0.2) is 0 Å². The van der Waals surface area contributed by atoms with Gasteiger partial charge in [0, 0.05) is 30.5 Å².